The first-order valence-corrected chi connectivity index (χ1v) is 9.26. The molecule has 0 spiro atoms. The fourth-order valence-electron chi connectivity index (χ4n) is 1.42. The van der Waals surface area contributed by atoms with Crippen molar-refractivity contribution in [2.24, 2.45) is 0 Å². The van der Waals surface area contributed by atoms with E-state index in [9.17, 15) is 0 Å². The van der Waals surface area contributed by atoms with Gasteiger partial charge in [-0.05, 0) is 37.0 Å². The highest BCUT2D eigenvalue weighted by atomic mass is 28.3. The Labute approximate surface area is 88.9 Å². The molecule has 0 N–H and O–H groups in total. The predicted octanol–water partition coefficient (Wildman–Crippen LogP) is 3.97. The highest BCUT2D eigenvalue weighted by Gasteiger charge is 2.11. The first-order valence-electron chi connectivity index (χ1n) is 5.55. The Hall–Kier alpha value is -0.503. The molecule has 14 heavy (non-hydrogen) atoms. The third-order valence-electron chi connectivity index (χ3n) is 2.42. The molecule has 0 aromatic rings. The summed E-state index contributed by atoms with van der Waals surface area (Å²) >= 11 is 0. The summed E-state index contributed by atoms with van der Waals surface area (Å²) in [5.41, 5.74) is 1.44. The van der Waals surface area contributed by atoms with Crippen LogP contribution in [0.25, 0.3) is 0 Å². The Balaban J connectivity index is 2.09. The SMILES string of the molecule is C[Si](C)(C)CCO/C=C/C1=CCCC1. The molecule has 1 rings (SSSR count). The Morgan fingerprint density at radius 3 is 2.79 bits per heavy atom. The van der Waals surface area contributed by atoms with E-state index in [0.29, 0.717) is 0 Å². The molecule has 0 aromatic carbocycles. The van der Waals surface area contributed by atoms with Crippen LogP contribution in [-0.4, -0.2) is 14.7 Å². The summed E-state index contributed by atoms with van der Waals surface area (Å²) in [6.45, 7) is 8.01. The standard InChI is InChI=1S/C12H22OSi/c1-14(2,3)11-10-13-9-8-12-6-4-5-7-12/h6,8-9H,4-5,7,10-11H2,1-3H3/b9-8+. The zero-order valence-corrected chi connectivity index (χ0v) is 10.7. The zero-order chi connectivity index (χ0) is 10.4. The molecule has 0 aliphatic heterocycles. The van der Waals surface area contributed by atoms with Crippen LogP contribution in [0.3, 0.4) is 0 Å². The maximum Gasteiger partial charge on any atom is 0.0849 e. The first-order chi connectivity index (χ1) is 6.58. The van der Waals surface area contributed by atoms with Crippen LogP contribution < -0.4 is 0 Å². The van der Waals surface area contributed by atoms with Crippen molar-refractivity contribution in [2.45, 2.75) is 44.9 Å². The lowest BCUT2D eigenvalue weighted by atomic mass is 10.2. The second-order valence-corrected chi connectivity index (χ2v) is 10.8. The van der Waals surface area contributed by atoms with Crippen LogP contribution in [0.1, 0.15) is 19.3 Å². The summed E-state index contributed by atoms with van der Waals surface area (Å²) in [5.74, 6) is 0. The minimum absolute atomic E-state index is 0.888. The Morgan fingerprint density at radius 2 is 2.21 bits per heavy atom. The average Bonchev–Trinajstić information content (AvgIpc) is 2.54. The molecular formula is C12H22OSi. The summed E-state index contributed by atoms with van der Waals surface area (Å²) < 4.78 is 5.48. The lowest BCUT2D eigenvalue weighted by Crippen LogP contribution is -2.20. The van der Waals surface area contributed by atoms with E-state index < -0.39 is 8.07 Å². The molecule has 0 saturated carbocycles. The van der Waals surface area contributed by atoms with Gasteiger partial charge in [0, 0.05) is 8.07 Å². The van der Waals surface area contributed by atoms with Crippen LogP contribution in [0.5, 0.6) is 0 Å². The maximum atomic E-state index is 5.48. The Bertz CT molecular complexity index is 223. The van der Waals surface area contributed by atoms with Gasteiger partial charge < -0.3 is 4.74 Å². The van der Waals surface area contributed by atoms with E-state index in [4.69, 9.17) is 4.74 Å². The van der Waals surface area contributed by atoms with Crippen LogP contribution in [0.15, 0.2) is 24.0 Å². The monoisotopic (exact) mass is 210 g/mol. The van der Waals surface area contributed by atoms with E-state index in [-0.39, 0.29) is 0 Å². The topological polar surface area (TPSA) is 9.23 Å². The lowest BCUT2D eigenvalue weighted by Gasteiger charge is -2.14. The summed E-state index contributed by atoms with van der Waals surface area (Å²) in [5, 5.41) is 0. The highest BCUT2D eigenvalue weighted by molar-refractivity contribution is 6.76. The smallest absolute Gasteiger partial charge is 0.0849 e. The van der Waals surface area contributed by atoms with Gasteiger partial charge >= 0.3 is 0 Å². The summed E-state index contributed by atoms with van der Waals surface area (Å²) in [4.78, 5) is 0. The Morgan fingerprint density at radius 1 is 1.43 bits per heavy atom. The molecule has 0 aromatic heterocycles. The van der Waals surface area contributed by atoms with Crippen LogP contribution in [0.2, 0.25) is 25.7 Å². The number of hydrogen-bond acceptors (Lipinski definition) is 1. The number of rotatable bonds is 5. The molecular weight excluding hydrogens is 188 g/mol. The number of allylic oxidation sites excluding steroid dienone is 3. The van der Waals surface area contributed by atoms with Crippen molar-refractivity contribution in [3.63, 3.8) is 0 Å². The molecule has 0 bridgehead atoms. The minimum atomic E-state index is -0.912. The molecule has 80 valence electrons. The lowest BCUT2D eigenvalue weighted by molar-refractivity contribution is 0.267. The third kappa shape index (κ3) is 5.27. The van der Waals surface area contributed by atoms with Crippen LogP contribution in [-0.2, 0) is 4.74 Å². The van der Waals surface area contributed by atoms with E-state index in [1.165, 1.54) is 30.9 Å². The van der Waals surface area contributed by atoms with Gasteiger partial charge in [0.1, 0.15) is 0 Å². The van der Waals surface area contributed by atoms with Crippen LogP contribution >= 0.6 is 0 Å². The van der Waals surface area contributed by atoms with Crippen LogP contribution in [0.4, 0.5) is 0 Å². The molecule has 1 aliphatic rings. The van der Waals surface area contributed by atoms with Crippen molar-refractivity contribution in [1.82, 2.24) is 0 Å². The van der Waals surface area contributed by atoms with E-state index in [2.05, 4.69) is 31.8 Å². The molecule has 0 radical (unpaired) electrons. The average molecular weight is 210 g/mol. The molecule has 0 heterocycles. The van der Waals surface area contributed by atoms with Crippen molar-refractivity contribution in [1.29, 1.82) is 0 Å². The molecule has 0 atom stereocenters. The first kappa shape index (κ1) is 11.6. The van der Waals surface area contributed by atoms with Gasteiger partial charge in [0.25, 0.3) is 0 Å². The predicted molar refractivity (Wildman–Crippen MR) is 65.2 cm³/mol. The molecule has 1 nitrogen and oxygen atoms in total. The third-order valence-corrected chi connectivity index (χ3v) is 4.13. The minimum Gasteiger partial charge on any atom is -0.501 e. The summed E-state index contributed by atoms with van der Waals surface area (Å²) in [7, 11) is -0.912. The van der Waals surface area contributed by atoms with Gasteiger partial charge in [-0.1, -0.05) is 25.7 Å². The van der Waals surface area contributed by atoms with Gasteiger partial charge in [0.2, 0.25) is 0 Å². The van der Waals surface area contributed by atoms with Gasteiger partial charge in [-0.2, -0.15) is 0 Å². The van der Waals surface area contributed by atoms with Gasteiger partial charge in [-0.15, -0.1) is 0 Å². The van der Waals surface area contributed by atoms with E-state index in [1.807, 2.05) is 6.26 Å². The number of hydrogen-bond donors (Lipinski definition) is 0. The molecule has 0 unspecified atom stereocenters. The van der Waals surface area contributed by atoms with Gasteiger partial charge in [-0.25, -0.2) is 0 Å². The largest absolute Gasteiger partial charge is 0.501 e. The summed E-state index contributed by atoms with van der Waals surface area (Å²) in [6, 6.07) is 1.25. The van der Waals surface area contributed by atoms with Gasteiger partial charge in [0.15, 0.2) is 0 Å². The van der Waals surface area contributed by atoms with Gasteiger partial charge in [0.05, 0.1) is 12.9 Å². The van der Waals surface area contributed by atoms with Crippen molar-refractivity contribution in [3.8, 4) is 0 Å². The normalized spacial score (nSPS) is 17.5. The van der Waals surface area contributed by atoms with Crippen LogP contribution in [0, 0.1) is 0 Å². The second kappa shape index (κ2) is 5.40. The molecule has 2 heteroatoms. The molecule has 0 amide bonds. The van der Waals surface area contributed by atoms with Crippen molar-refractivity contribution >= 4 is 8.07 Å². The number of ether oxygens (including phenoxy) is 1. The van der Waals surface area contributed by atoms with E-state index >= 15 is 0 Å². The second-order valence-electron chi connectivity index (χ2n) is 5.16. The highest BCUT2D eigenvalue weighted by Crippen LogP contribution is 2.18. The van der Waals surface area contributed by atoms with E-state index in [1.54, 1.807) is 0 Å². The summed E-state index contributed by atoms with van der Waals surface area (Å²) in [6.07, 6.45) is 10.1. The fraction of sp³-hybridized carbons (Fsp3) is 0.667. The zero-order valence-electron chi connectivity index (χ0n) is 9.68. The molecule has 1 aliphatic carbocycles. The quantitative estimate of drug-likeness (QED) is 0.379. The van der Waals surface area contributed by atoms with Crippen molar-refractivity contribution in [2.75, 3.05) is 6.61 Å². The van der Waals surface area contributed by atoms with Crippen molar-refractivity contribution < 1.29 is 4.74 Å². The maximum absolute atomic E-state index is 5.48. The fourth-order valence-corrected chi connectivity index (χ4v) is 2.15. The molecule has 0 saturated heterocycles. The van der Waals surface area contributed by atoms with E-state index in [0.717, 1.165) is 6.61 Å². The van der Waals surface area contributed by atoms with Gasteiger partial charge in [-0.3, -0.25) is 0 Å². The molecule has 0 fully saturated rings. The Kier molecular flexibility index (Phi) is 4.46. The van der Waals surface area contributed by atoms with Crippen molar-refractivity contribution in [3.05, 3.63) is 24.0 Å².